The molecule has 1 amide bonds. The molecule has 1 aromatic rings. The Hall–Kier alpha value is -1.85. The minimum atomic E-state index is -0.846. The summed E-state index contributed by atoms with van der Waals surface area (Å²) in [5.74, 6) is 0.685. The Bertz CT molecular complexity index is 363. The normalized spacial score (nSPS) is 10.9. The maximum absolute atomic E-state index is 11.1. The Morgan fingerprint density at radius 3 is 2.53 bits per heavy atom. The van der Waals surface area contributed by atoms with Crippen LogP contribution in [0.2, 0.25) is 0 Å². The fourth-order valence-corrected chi connectivity index (χ4v) is 0.928. The number of anilines is 2. The van der Waals surface area contributed by atoms with Crippen molar-refractivity contribution in [3.8, 4) is 0 Å². The number of primary amides is 1. The molecule has 82 valence electrons. The van der Waals surface area contributed by atoms with Gasteiger partial charge in [-0.3, -0.25) is 9.78 Å². The second kappa shape index (κ2) is 4.12. The topological polar surface area (TPSA) is 92.9 Å². The number of carbonyl (C=O) groups is 1. The second-order valence-corrected chi connectivity index (χ2v) is 3.65. The summed E-state index contributed by atoms with van der Waals surface area (Å²) in [5, 5.41) is 5.76. The molecule has 6 heteroatoms. The summed E-state index contributed by atoms with van der Waals surface area (Å²) in [6, 6.07) is 0. The van der Waals surface area contributed by atoms with Gasteiger partial charge in [0, 0.05) is 7.05 Å². The lowest BCUT2D eigenvalue weighted by molar-refractivity contribution is -0.121. The predicted molar refractivity (Wildman–Crippen MR) is 58.5 cm³/mol. The third kappa shape index (κ3) is 2.80. The van der Waals surface area contributed by atoms with Gasteiger partial charge in [0.15, 0.2) is 0 Å². The second-order valence-electron chi connectivity index (χ2n) is 3.65. The minimum Gasteiger partial charge on any atom is -0.372 e. The van der Waals surface area contributed by atoms with E-state index in [1.54, 1.807) is 27.1 Å². The first kappa shape index (κ1) is 11.2. The highest BCUT2D eigenvalue weighted by molar-refractivity contribution is 5.86. The van der Waals surface area contributed by atoms with Crippen LogP contribution >= 0.6 is 0 Å². The minimum absolute atomic E-state index is 0.445. The van der Waals surface area contributed by atoms with E-state index in [1.807, 2.05) is 0 Å². The molecule has 0 unspecified atom stereocenters. The van der Waals surface area contributed by atoms with Crippen molar-refractivity contribution in [1.29, 1.82) is 0 Å². The molecule has 0 aromatic carbocycles. The van der Waals surface area contributed by atoms with Crippen molar-refractivity contribution < 1.29 is 4.79 Å². The third-order valence-electron chi connectivity index (χ3n) is 1.95. The van der Waals surface area contributed by atoms with Crippen LogP contribution in [0.4, 0.5) is 11.6 Å². The van der Waals surface area contributed by atoms with Crippen molar-refractivity contribution in [3.63, 3.8) is 0 Å². The van der Waals surface area contributed by atoms with Crippen LogP contribution in [0.25, 0.3) is 0 Å². The van der Waals surface area contributed by atoms with E-state index in [9.17, 15) is 4.79 Å². The number of hydrogen-bond donors (Lipinski definition) is 3. The van der Waals surface area contributed by atoms with Crippen LogP contribution < -0.4 is 16.4 Å². The largest absolute Gasteiger partial charge is 0.372 e. The highest BCUT2D eigenvalue weighted by Gasteiger charge is 2.24. The van der Waals surface area contributed by atoms with E-state index < -0.39 is 11.4 Å². The van der Waals surface area contributed by atoms with Gasteiger partial charge in [-0.05, 0) is 13.8 Å². The van der Waals surface area contributed by atoms with Gasteiger partial charge in [-0.15, -0.1) is 0 Å². The summed E-state index contributed by atoms with van der Waals surface area (Å²) in [6.45, 7) is 3.37. The average molecular weight is 209 g/mol. The van der Waals surface area contributed by atoms with Gasteiger partial charge in [0.2, 0.25) is 5.91 Å². The lowest BCUT2D eigenvalue weighted by Gasteiger charge is -2.22. The Balaban J connectivity index is 2.85. The first-order valence-corrected chi connectivity index (χ1v) is 4.53. The summed E-state index contributed by atoms with van der Waals surface area (Å²) in [6.07, 6.45) is 3.12. The molecule has 0 atom stereocenters. The zero-order valence-electron chi connectivity index (χ0n) is 9.03. The molecule has 0 aliphatic heterocycles. The summed E-state index contributed by atoms with van der Waals surface area (Å²) in [5.41, 5.74) is 4.38. The fourth-order valence-electron chi connectivity index (χ4n) is 0.928. The molecular formula is C9H15N5O. The van der Waals surface area contributed by atoms with Crippen molar-refractivity contribution in [3.05, 3.63) is 12.4 Å². The SMILES string of the molecule is CNc1cncc(NC(C)(C)C(N)=O)n1. The summed E-state index contributed by atoms with van der Waals surface area (Å²) in [4.78, 5) is 19.2. The molecular weight excluding hydrogens is 194 g/mol. The van der Waals surface area contributed by atoms with Crippen LogP contribution in [0.15, 0.2) is 12.4 Å². The molecule has 0 saturated heterocycles. The first-order valence-electron chi connectivity index (χ1n) is 4.53. The van der Waals surface area contributed by atoms with Crippen LogP contribution in [-0.4, -0.2) is 28.5 Å². The Kier molecular flexibility index (Phi) is 3.08. The van der Waals surface area contributed by atoms with Gasteiger partial charge < -0.3 is 16.4 Å². The average Bonchev–Trinajstić information content (AvgIpc) is 2.17. The van der Waals surface area contributed by atoms with E-state index >= 15 is 0 Å². The van der Waals surface area contributed by atoms with Crippen molar-refractivity contribution >= 4 is 17.5 Å². The molecule has 1 aromatic heterocycles. The Labute approximate surface area is 88.3 Å². The number of rotatable bonds is 4. The molecule has 15 heavy (non-hydrogen) atoms. The van der Waals surface area contributed by atoms with Crippen molar-refractivity contribution in [2.75, 3.05) is 17.7 Å². The summed E-state index contributed by atoms with van der Waals surface area (Å²) >= 11 is 0. The van der Waals surface area contributed by atoms with Crippen LogP contribution in [-0.2, 0) is 4.79 Å². The van der Waals surface area contributed by atoms with Crippen molar-refractivity contribution in [1.82, 2.24) is 9.97 Å². The standard InChI is InChI=1S/C9H15N5O/c1-9(2,8(10)15)14-7-5-12-4-6(11-3)13-7/h4-5H,1-3H3,(H2,10,15)(H2,11,13,14). The van der Waals surface area contributed by atoms with Crippen LogP contribution in [0.3, 0.4) is 0 Å². The van der Waals surface area contributed by atoms with E-state index in [4.69, 9.17) is 5.73 Å². The Morgan fingerprint density at radius 2 is 2.00 bits per heavy atom. The lowest BCUT2D eigenvalue weighted by Crippen LogP contribution is -2.45. The maximum atomic E-state index is 11.1. The van der Waals surface area contributed by atoms with Gasteiger partial charge in [-0.2, -0.15) is 0 Å². The zero-order chi connectivity index (χ0) is 11.5. The molecule has 0 bridgehead atoms. The number of hydrogen-bond acceptors (Lipinski definition) is 5. The van der Waals surface area contributed by atoms with E-state index in [1.165, 1.54) is 6.20 Å². The van der Waals surface area contributed by atoms with E-state index in [-0.39, 0.29) is 0 Å². The quantitative estimate of drug-likeness (QED) is 0.658. The van der Waals surface area contributed by atoms with Crippen LogP contribution in [0, 0.1) is 0 Å². The molecule has 1 heterocycles. The highest BCUT2D eigenvalue weighted by Crippen LogP contribution is 2.12. The van der Waals surface area contributed by atoms with E-state index in [0.717, 1.165) is 0 Å². The summed E-state index contributed by atoms with van der Waals surface area (Å²) in [7, 11) is 1.74. The molecule has 6 nitrogen and oxygen atoms in total. The van der Waals surface area contributed by atoms with Crippen molar-refractivity contribution in [2.45, 2.75) is 19.4 Å². The molecule has 0 aliphatic rings. The maximum Gasteiger partial charge on any atom is 0.242 e. The molecule has 0 spiro atoms. The molecule has 4 N–H and O–H groups in total. The molecule has 0 radical (unpaired) electrons. The molecule has 0 fully saturated rings. The first-order chi connectivity index (χ1) is 6.95. The Morgan fingerprint density at radius 1 is 1.40 bits per heavy atom. The molecule has 1 rings (SSSR count). The fraction of sp³-hybridized carbons (Fsp3) is 0.444. The third-order valence-corrected chi connectivity index (χ3v) is 1.95. The zero-order valence-corrected chi connectivity index (χ0v) is 9.03. The number of carbonyl (C=O) groups excluding carboxylic acids is 1. The molecule has 0 saturated carbocycles. The van der Waals surface area contributed by atoms with Crippen molar-refractivity contribution in [2.24, 2.45) is 5.73 Å². The van der Waals surface area contributed by atoms with Gasteiger partial charge in [-0.1, -0.05) is 0 Å². The number of nitrogens with two attached hydrogens (primary N) is 1. The summed E-state index contributed by atoms with van der Waals surface area (Å²) < 4.78 is 0. The van der Waals surface area contributed by atoms with Crippen LogP contribution in [0.1, 0.15) is 13.8 Å². The highest BCUT2D eigenvalue weighted by atomic mass is 16.1. The predicted octanol–water partition coefficient (Wildman–Crippen LogP) is 0.194. The van der Waals surface area contributed by atoms with Gasteiger partial charge in [0.1, 0.15) is 17.2 Å². The van der Waals surface area contributed by atoms with Gasteiger partial charge in [0.05, 0.1) is 12.4 Å². The number of nitrogens with one attached hydrogen (secondary N) is 2. The molecule has 0 aliphatic carbocycles. The van der Waals surface area contributed by atoms with Gasteiger partial charge in [-0.25, -0.2) is 4.98 Å². The van der Waals surface area contributed by atoms with E-state index in [0.29, 0.717) is 11.6 Å². The van der Waals surface area contributed by atoms with Crippen LogP contribution in [0.5, 0.6) is 0 Å². The number of nitrogens with zero attached hydrogens (tertiary/aromatic N) is 2. The van der Waals surface area contributed by atoms with Gasteiger partial charge >= 0.3 is 0 Å². The van der Waals surface area contributed by atoms with E-state index in [2.05, 4.69) is 20.6 Å². The monoisotopic (exact) mass is 209 g/mol. The number of amides is 1. The van der Waals surface area contributed by atoms with Gasteiger partial charge in [0.25, 0.3) is 0 Å². The number of aromatic nitrogens is 2. The smallest absolute Gasteiger partial charge is 0.242 e. The lowest BCUT2D eigenvalue weighted by atomic mass is 10.1.